The smallest absolute Gasteiger partial charge is 0.134 e. The van der Waals surface area contributed by atoms with Gasteiger partial charge < -0.3 is 10.8 Å². The van der Waals surface area contributed by atoms with Crippen LogP contribution in [0.25, 0.3) is 0 Å². The van der Waals surface area contributed by atoms with Gasteiger partial charge in [0.05, 0.1) is 5.02 Å². The summed E-state index contributed by atoms with van der Waals surface area (Å²) in [5.74, 6) is 0.0814. The van der Waals surface area contributed by atoms with Gasteiger partial charge in [-0.15, -0.1) is 6.58 Å². The summed E-state index contributed by atoms with van der Waals surface area (Å²) in [7, 11) is 0. The highest BCUT2D eigenvalue weighted by molar-refractivity contribution is 6.32. The molecule has 1 aromatic carbocycles. The van der Waals surface area contributed by atoms with Gasteiger partial charge in [-0.25, -0.2) is 0 Å². The minimum absolute atomic E-state index is 0.0814. The van der Waals surface area contributed by atoms with Crippen LogP contribution in [0, 0.1) is 0 Å². The number of halogens is 1. The second-order valence-electron chi connectivity index (χ2n) is 3.48. The molecule has 1 atom stereocenters. The molecule has 0 spiro atoms. The summed E-state index contributed by atoms with van der Waals surface area (Å²) in [5, 5.41) is 9.55. The van der Waals surface area contributed by atoms with Gasteiger partial charge in [0.2, 0.25) is 0 Å². The lowest BCUT2D eigenvalue weighted by Crippen LogP contribution is -2.10. The van der Waals surface area contributed by atoms with Crippen LogP contribution in [0.5, 0.6) is 5.75 Å². The summed E-state index contributed by atoms with van der Waals surface area (Å²) in [6.45, 7) is 5.73. The minimum Gasteiger partial charge on any atom is -0.506 e. The van der Waals surface area contributed by atoms with Crippen LogP contribution in [0.2, 0.25) is 5.02 Å². The SMILES string of the molecule is C=C(C)C[C@H](N)c1ccc(O)c(Cl)c1. The molecule has 0 aliphatic heterocycles. The first-order chi connectivity index (χ1) is 6.50. The van der Waals surface area contributed by atoms with Gasteiger partial charge in [0.15, 0.2) is 0 Å². The molecule has 14 heavy (non-hydrogen) atoms. The van der Waals surface area contributed by atoms with Gasteiger partial charge in [-0.3, -0.25) is 0 Å². The second-order valence-corrected chi connectivity index (χ2v) is 3.89. The van der Waals surface area contributed by atoms with Crippen LogP contribution in [-0.4, -0.2) is 5.11 Å². The monoisotopic (exact) mass is 211 g/mol. The van der Waals surface area contributed by atoms with Crippen LogP contribution in [0.1, 0.15) is 24.9 Å². The van der Waals surface area contributed by atoms with Crippen molar-refractivity contribution in [3.63, 3.8) is 0 Å². The third-order valence-electron chi connectivity index (χ3n) is 1.97. The molecule has 0 amide bonds. The number of nitrogens with two attached hydrogens (primary N) is 1. The Morgan fingerprint density at radius 1 is 1.64 bits per heavy atom. The van der Waals surface area contributed by atoms with E-state index < -0.39 is 0 Å². The van der Waals surface area contributed by atoms with Crippen molar-refractivity contribution < 1.29 is 5.11 Å². The molecule has 0 saturated heterocycles. The van der Waals surface area contributed by atoms with E-state index in [-0.39, 0.29) is 11.8 Å². The average molecular weight is 212 g/mol. The Morgan fingerprint density at radius 3 is 2.79 bits per heavy atom. The Labute approximate surface area is 89.0 Å². The Morgan fingerprint density at radius 2 is 2.29 bits per heavy atom. The zero-order chi connectivity index (χ0) is 10.7. The summed E-state index contributed by atoms with van der Waals surface area (Å²) in [4.78, 5) is 0. The number of rotatable bonds is 3. The highest BCUT2D eigenvalue weighted by Crippen LogP contribution is 2.27. The molecule has 2 nitrogen and oxygen atoms in total. The first-order valence-electron chi connectivity index (χ1n) is 4.39. The Kier molecular flexibility index (Phi) is 3.55. The Bertz CT molecular complexity index is 349. The molecule has 3 N–H and O–H groups in total. The van der Waals surface area contributed by atoms with E-state index in [0.29, 0.717) is 5.02 Å². The summed E-state index contributed by atoms with van der Waals surface area (Å²) in [5.41, 5.74) is 7.86. The van der Waals surface area contributed by atoms with Crippen molar-refractivity contribution in [1.82, 2.24) is 0 Å². The molecule has 0 aromatic heterocycles. The second kappa shape index (κ2) is 4.49. The van der Waals surface area contributed by atoms with Crippen LogP contribution in [0.3, 0.4) is 0 Å². The van der Waals surface area contributed by atoms with Crippen molar-refractivity contribution in [1.29, 1.82) is 0 Å². The van der Waals surface area contributed by atoms with E-state index in [1.807, 2.05) is 6.92 Å². The molecule has 0 saturated carbocycles. The van der Waals surface area contributed by atoms with E-state index in [1.54, 1.807) is 18.2 Å². The van der Waals surface area contributed by atoms with Gasteiger partial charge in [0.25, 0.3) is 0 Å². The highest BCUT2D eigenvalue weighted by atomic mass is 35.5. The molecule has 0 unspecified atom stereocenters. The van der Waals surface area contributed by atoms with E-state index >= 15 is 0 Å². The van der Waals surface area contributed by atoms with Crippen LogP contribution in [-0.2, 0) is 0 Å². The molecule has 76 valence electrons. The van der Waals surface area contributed by atoms with Crippen molar-refractivity contribution in [3.8, 4) is 5.75 Å². The summed E-state index contributed by atoms with van der Waals surface area (Å²) in [6.07, 6.45) is 0.723. The van der Waals surface area contributed by atoms with Gasteiger partial charge in [-0.2, -0.15) is 0 Å². The maximum atomic E-state index is 9.22. The van der Waals surface area contributed by atoms with Crippen molar-refractivity contribution in [2.24, 2.45) is 5.73 Å². The standard InChI is InChI=1S/C11H14ClNO/c1-7(2)5-10(13)8-3-4-11(14)9(12)6-8/h3-4,6,10,14H,1,5,13H2,2H3/t10-/m0/s1. The predicted octanol–water partition coefficient (Wildman–Crippen LogP) is 3.01. The first-order valence-corrected chi connectivity index (χ1v) is 4.77. The number of phenolic OH excluding ortho intramolecular Hbond substituents is 1. The number of aromatic hydroxyl groups is 1. The molecular formula is C11H14ClNO. The fourth-order valence-corrected chi connectivity index (χ4v) is 1.44. The Hall–Kier alpha value is -0.990. The topological polar surface area (TPSA) is 46.2 Å². The quantitative estimate of drug-likeness (QED) is 0.755. The number of phenols is 1. The molecule has 1 rings (SSSR count). The third-order valence-corrected chi connectivity index (χ3v) is 2.27. The Balaban J connectivity index is 2.85. The van der Waals surface area contributed by atoms with Crippen LogP contribution < -0.4 is 5.73 Å². The minimum atomic E-state index is -0.106. The van der Waals surface area contributed by atoms with Gasteiger partial charge in [0, 0.05) is 6.04 Å². The summed E-state index contributed by atoms with van der Waals surface area (Å²) in [6, 6.07) is 4.90. The predicted molar refractivity (Wildman–Crippen MR) is 59.5 cm³/mol. The van der Waals surface area contributed by atoms with Gasteiger partial charge in [-0.05, 0) is 31.0 Å². The maximum Gasteiger partial charge on any atom is 0.134 e. The van der Waals surface area contributed by atoms with E-state index in [9.17, 15) is 5.11 Å². The molecule has 0 aliphatic carbocycles. The molecule has 0 fully saturated rings. The summed E-state index contributed by atoms with van der Waals surface area (Å²) >= 11 is 5.77. The lowest BCUT2D eigenvalue weighted by Gasteiger charge is -2.12. The van der Waals surface area contributed by atoms with Gasteiger partial charge in [0.1, 0.15) is 5.75 Å². The van der Waals surface area contributed by atoms with E-state index in [2.05, 4.69) is 6.58 Å². The third kappa shape index (κ3) is 2.76. The molecular weight excluding hydrogens is 198 g/mol. The number of hydrogen-bond donors (Lipinski definition) is 2. The lowest BCUT2D eigenvalue weighted by molar-refractivity contribution is 0.475. The number of hydrogen-bond acceptors (Lipinski definition) is 2. The van der Waals surface area contributed by atoms with E-state index in [0.717, 1.165) is 17.6 Å². The van der Waals surface area contributed by atoms with Crippen LogP contribution >= 0.6 is 11.6 Å². The van der Waals surface area contributed by atoms with Gasteiger partial charge in [-0.1, -0.05) is 23.2 Å². The van der Waals surface area contributed by atoms with E-state index in [4.69, 9.17) is 17.3 Å². The lowest BCUT2D eigenvalue weighted by atomic mass is 10.0. The van der Waals surface area contributed by atoms with E-state index in [1.165, 1.54) is 0 Å². The summed E-state index contributed by atoms with van der Waals surface area (Å²) < 4.78 is 0. The van der Waals surface area contributed by atoms with Crippen LogP contribution in [0.4, 0.5) is 0 Å². The normalized spacial score (nSPS) is 12.5. The highest BCUT2D eigenvalue weighted by Gasteiger charge is 2.08. The molecule has 0 radical (unpaired) electrons. The van der Waals surface area contributed by atoms with Crippen molar-refractivity contribution >= 4 is 11.6 Å². The molecule has 0 bridgehead atoms. The fraction of sp³-hybridized carbons (Fsp3) is 0.273. The van der Waals surface area contributed by atoms with Crippen molar-refractivity contribution in [2.45, 2.75) is 19.4 Å². The average Bonchev–Trinajstić information content (AvgIpc) is 2.08. The molecule has 0 heterocycles. The zero-order valence-electron chi connectivity index (χ0n) is 8.13. The first kappa shape index (κ1) is 11.1. The largest absolute Gasteiger partial charge is 0.506 e. The van der Waals surface area contributed by atoms with Gasteiger partial charge >= 0.3 is 0 Å². The molecule has 0 aliphatic rings. The maximum absolute atomic E-state index is 9.22. The fourth-order valence-electron chi connectivity index (χ4n) is 1.25. The number of benzene rings is 1. The van der Waals surface area contributed by atoms with Crippen LogP contribution in [0.15, 0.2) is 30.4 Å². The molecule has 1 aromatic rings. The van der Waals surface area contributed by atoms with Crippen molar-refractivity contribution in [2.75, 3.05) is 0 Å². The van der Waals surface area contributed by atoms with Crippen molar-refractivity contribution in [3.05, 3.63) is 40.9 Å². The molecule has 3 heteroatoms. The zero-order valence-corrected chi connectivity index (χ0v) is 8.88.